The number of imidazole rings is 2. The number of methoxy groups -OCH3 is 1. The van der Waals surface area contributed by atoms with Gasteiger partial charge in [-0.05, 0) is 78.5 Å². The lowest BCUT2D eigenvalue weighted by Crippen LogP contribution is -2.52. The van der Waals surface area contributed by atoms with Gasteiger partial charge in [-0.15, -0.1) is 0 Å². The number of alkyl carbamates (subject to hydrolysis) is 1. The van der Waals surface area contributed by atoms with Crippen molar-refractivity contribution in [1.82, 2.24) is 45.7 Å². The van der Waals surface area contributed by atoms with E-state index in [1.165, 1.54) is 7.11 Å². The fraction of sp³-hybridized carbons (Fsp3) is 0.511. The van der Waals surface area contributed by atoms with Crippen LogP contribution in [0.15, 0.2) is 60.9 Å². The second-order valence-corrected chi connectivity index (χ2v) is 19.2. The first-order chi connectivity index (χ1) is 29.1. The summed E-state index contributed by atoms with van der Waals surface area (Å²) in [6.07, 6.45) is 10.4. The van der Waals surface area contributed by atoms with Crippen molar-refractivity contribution in [2.24, 2.45) is 17.8 Å². The Balaban J connectivity index is 0.752. The Hall–Kier alpha value is -5.31. The maximum absolute atomic E-state index is 13.8. The zero-order valence-corrected chi connectivity index (χ0v) is 35.0. The molecule has 0 bridgehead atoms. The third-order valence-electron chi connectivity index (χ3n) is 13.8. The summed E-state index contributed by atoms with van der Waals surface area (Å²) in [7, 11) is 1.31. The van der Waals surface area contributed by atoms with Crippen LogP contribution >= 0.6 is 11.8 Å². The average Bonchev–Trinajstić information content (AvgIpc) is 3.68. The van der Waals surface area contributed by atoms with Crippen molar-refractivity contribution >= 4 is 35.7 Å². The Morgan fingerprint density at radius 2 is 1.37 bits per heavy atom. The van der Waals surface area contributed by atoms with Crippen LogP contribution in [0.1, 0.15) is 88.9 Å². The highest BCUT2D eigenvalue weighted by molar-refractivity contribution is 8.00. The molecule has 2 aliphatic carbocycles. The predicted molar refractivity (Wildman–Crippen MR) is 227 cm³/mol. The number of thioether (sulfide) groups is 1. The quantitative estimate of drug-likeness (QED) is 0.0743. The number of unbranched alkanes of at least 4 members (excludes halogenated alkanes) is 1. The fourth-order valence-corrected chi connectivity index (χ4v) is 11.9. The molecule has 14 nitrogen and oxygen atoms in total. The van der Waals surface area contributed by atoms with Gasteiger partial charge in [0, 0.05) is 29.5 Å². The Morgan fingerprint density at radius 1 is 0.800 bits per heavy atom. The molecule has 4 saturated heterocycles. The molecule has 60 heavy (non-hydrogen) atoms. The van der Waals surface area contributed by atoms with Gasteiger partial charge >= 0.3 is 12.1 Å². The van der Waals surface area contributed by atoms with Crippen LogP contribution in [0.3, 0.4) is 0 Å². The molecule has 2 saturated carbocycles. The van der Waals surface area contributed by atoms with E-state index < -0.39 is 12.1 Å². The van der Waals surface area contributed by atoms with Crippen LogP contribution in [-0.2, 0) is 14.3 Å². The van der Waals surface area contributed by atoms with Gasteiger partial charge in [0.1, 0.15) is 17.7 Å². The molecule has 15 heteroatoms. The van der Waals surface area contributed by atoms with Crippen LogP contribution in [0.4, 0.5) is 9.59 Å². The number of benzene rings is 2. The maximum Gasteiger partial charge on any atom is 0.407 e. The molecule has 2 aromatic heterocycles. The summed E-state index contributed by atoms with van der Waals surface area (Å²) in [5, 5.41) is 9.24. The normalized spacial score (nSPS) is 28.8. The number of hydrogen-bond donors (Lipinski definition) is 5. The molecule has 2 aromatic carbocycles. The van der Waals surface area contributed by atoms with E-state index in [9.17, 15) is 19.2 Å². The number of amides is 5. The van der Waals surface area contributed by atoms with E-state index in [0.717, 1.165) is 96.0 Å². The molecule has 6 fully saturated rings. The lowest BCUT2D eigenvalue weighted by Gasteiger charge is -2.31. The van der Waals surface area contributed by atoms with E-state index in [1.807, 2.05) is 42.9 Å². The summed E-state index contributed by atoms with van der Waals surface area (Å²) in [6, 6.07) is 16.9. The molecular weight excluding hydrogens is 779 g/mol. The predicted octanol–water partition coefficient (Wildman–Crippen LogP) is 6.56. The van der Waals surface area contributed by atoms with Gasteiger partial charge in [-0.1, -0.05) is 68.8 Å². The molecule has 0 radical (unpaired) electrons. The van der Waals surface area contributed by atoms with Crippen LogP contribution in [0.5, 0.6) is 0 Å². The third kappa shape index (κ3) is 7.32. The molecule has 5 N–H and O–H groups in total. The molecule has 4 aliphatic heterocycles. The summed E-state index contributed by atoms with van der Waals surface area (Å²) >= 11 is 1.93. The number of hydrogen-bond acceptors (Lipinski definition) is 8. The molecule has 6 aliphatic rings. The largest absolute Gasteiger partial charge is 0.453 e. The second-order valence-electron chi connectivity index (χ2n) is 17.9. The smallest absolute Gasteiger partial charge is 0.407 e. The number of urea groups is 1. The average molecular weight is 832 g/mol. The number of aromatic nitrogens is 4. The number of likely N-dealkylation sites (tertiary alicyclic amines) is 2. The first-order valence-corrected chi connectivity index (χ1v) is 22.7. The van der Waals surface area contributed by atoms with E-state index >= 15 is 0 Å². The van der Waals surface area contributed by atoms with Crippen molar-refractivity contribution in [2.45, 2.75) is 113 Å². The van der Waals surface area contributed by atoms with Gasteiger partial charge in [-0.2, -0.15) is 11.8 Å². The molecule has 0 spiro atoms. The number of fused-ring (bicyclic) bond motifs is 3. The molecule has 10 atom stereocenters. The lowest BCUT2D eigenvalue weighted by molar-refractivity contribution is -0.136. The van der Waals surface area contributed by atoms with Gasteiger partial charge in [0.2, 0.25) is 11.8 Å². The monoisotopic (exact) mass is 831 g/mol. The molecule has 1 unspecified atom stereocenters. The zero-order chi connectivity index (χ0) is 41.2. The van der Waals surface area contributed by atoms with Crippen molar-refractivity contribution in [3.63, 3.8) is 0 Å². The molecular formula is C45H53N9O5S. The van der Waals surface area contributed by atoms with Gasteiger partial charge in [0.15, 0.2) is 0 Å². The van der Waals surface area contributed by atoms with E-state index in [1.54, 1.807) is 0 Å². The fourth-order valence-electron chi connectivity index (χ4n) is 10.3. The number of piperidine rings is 2. The van der Waals surface area contributed by atoms with Crippen LogP contribution in [0.2, 0.25) is 0 Å². The molecule has 314 valence electrons. The first kappa shape index (κ1) is 38.9. The minimum Gasteiger partial charge on any atom is -0.453 e. The Kier molecular flexibility index (Phi) is 10.1. The Labute approximate surface area is 353 Å². The summed E-state index contributed by atoms with van der Waals surface area (Å²) in [6.45, 7) is 3.85. The van der Waals surface area contributed by atoms with Gasteiger partial charge in [-0.25, -0.2) is 19.6 Å². The molecule has 10 rings (SSSR count). The summed E-state index contributed by atoms with van der Waals surface area (Å²) in [5.74, 6) is 3.66. The Bertz CT molecular complexity index is 2280. The highest BCUT2D eigenvalue weighted by Gasteiger charge is 2.57. The zero-order valence-electron chi connectivity index (χ0n) is 34.2. The minimum atomic E-state index is -0.669. The first-order valence-electron chi connectivity index (χ1n) is 21.6. The van der Waals surface area contributed by atoms with E-state index in [0.29, 0.717) is 29.5 Å². The van der Waals surface area contributed by atoms with E-state index in [-0.39, 0.29) is 54.0 Å². The van der Waals surface area contributed by atoms with Crippen LogP contribution in [0, 0.1) is 17.8 Å². The highest BCUT2D eigenvalue weighted by atomic mass is 32.2. The van der Waals surface area contributed by atoms with E-state index in [4.69, 9.17) is 14.7 Å². The molecule has 4 aromatic rings. The number of H-pyrrole nitrogens is 2. The topological polar surface area (TPSA) is 177 Å². The third-order valence-corrected chi connectivity index (χ3v) is 15.3. The number of carbonyl (C=O) groups is 4. The maximum atomic E-state index is 13.8. The van der Waals surface area contributed by atoms with Crippen molar-refractivity contribution in [1.29, 1.82) is 0 Å². The standard InChI is InChI=1S/C45H53N9O5S/c1-23(2)39(52-45(58)59-3)43(56)54-34-17-29(34)19-36(54)42-47-21-31(49-42)27-14-10-25(11-15-27)24-8-12-26(13-9-24)30-20-46-41(48-30)35-18-28-16-33(28)53(35)38(55)7-5-4-6-37-40-32(22-60-37)50-44(57)51-40/h8-15,20-21,23,28-29,32-37,39-40H,4-7,16-19,22H2,1-3H3,(H,46,48)(H,47,49)(H,52,58)(H2,50,51,57)/t28-,29-,32+,33-,34-,35?,36+,37+,39+,40+/m1/s1. The summed E-state index contributed by atoms with van der Waals surface area (Å²) in [5.41, 5.74) is 6.06. The van der Waals surface area contributed by atoms with Crippen LogP contribution in [-0.4, -0.2) is 102 Å². The SMILES string of the molecule is COC(=O)N[C@H](C(=O)N1[C@@H]2C[C@@H]2C[C@H]1c1ncc(-c2ccc(-c3ccc(-c4cnc(C5C[C@H]6C[C@H]6N5C(=O)CCCC[C@@H]5SC[C@@H]6NC(=O)N[C@@H]65)[nH]4)cc3)cc2)[nH]1)C(C)C. The van der Waals surface area contributed by atoms with Crippen molar-refractivity contribution < 1.29 is 23.9 Å². The van der Waals surface area contributed by atoms with E-state index in [2.05, 4.69) is 79.3 Å². The number of rotatable bonds is 13. The number of aromatic amines is 2. The minimum absolute atomic E-state index is 0.0116. The van der Waals surface area contributed by atoms with Crippen molar-refractivity contribution in [3.05, 3.63) is 72.6 Å². The van der Waals surface area contributed by atoms with Gasteiger partial charge in [-0.3, -0.25) is 9.59 Å². The summed E-state index contributed by atoms with van der Waals surface area (Å²) in [4.78, 5) is 71.8. The number of carbonyl (C=O) groups excluding carboxylic acids is 4. The lowest BCUT2D eigenvalue weighted by atomic mass is 10.0. The van der Waals surface area contributed by atoms with Gasteiger partial charge in [0.05, 0.1) is 55.1 Å². The second kappa shape index (κ2) is 15.6. The van der Waals surface area contributed by atoms with Crippen molar-refractivity contribution in [3.8, 4) is 33.6 Å². The summed E-state index contributed by atoms with van der Waals surface area (Å²) < 4.78 is 4.80. The Morgan fingerprint density at radius 3 is 1.95 bits per heavy atom. The van der Waals surface area contributed by atoms with Crippen molar-refractivity contribution in [2.75, 3.05) is 12.9 Å². The number of ether oxygens (including phenoxy) is 1. The van der Waals surface area contributed by atoms with Gasteiger partial charge in [0.25, 0.3) is 0 Å². The van der Waals surface area contributed by atoms with Gasteiger partial charge < -0.3 is 40.5 Å². The molecule has 5 amide bonds. The highest BCUT2D eigenvalue weighted by Crippen LogP contribution is 2.54. The number of nitrogens with zero attached hydrogens (tertiary/aromatic N) is 4. The van der Waals surface area contributed by atoms with Crippen LogP contribution < -0.4 is 16.0 Å². The molecule has 6 heterocycles. The number of nitrogens with one attached hydrogen (secondary N) is 5. The van der Waals surface area contributed by atoms with Crippen LogP contribution in [0.25, 0.3) is 33.6 Å².